The molecule has 3 N–H and O–H groups in total. The van der Waals surface area contributed by atoms with Crippen LogP contribution in [0.1, 0.15) is 44.6 Å². The van der Waals surface area contributed by atoms with Gasteiger partial charge in [0.1, 0.15) is 5.75 Å². The molecule has 0 aromatic heterocycles. The fourth-order valence-corrected chi connectivity index (χ4v) is 4.03. The second-order valence-corrected chi connectivity index (χ2v) is 7.58. The number of carbonyl (C=O) groups is 1. The van der Waals surface area contributed by atoms with Gasteiger partial charge in [-0.1, -0.05) is 25.0 Å². The Morgan fingerprint density at radius 2 is 2.11 bits per heavy atom. The molecule has 1 aliphatic heterocycles. The van der Waals surface area contributed by atoms with Crippen molar-refractivity contribution in [3.05, 3.63) is 29.8 Å². The molecule has 1 saturated heterocycles. The Balaban J connectivity index is 1.49. The summed E-state index contributed by atoms with van der Waals surface area (Å²) in [6.45, 7) is 5.12. The first-order valence-corrected chi connectivity index (χ1v) is 10.3. The zero-order chi connectivity index (χ0) is 19.1. The lowest BCUT2D eigenvalue weighted by molar-refractivity contribution is -0.134. The summed E-state index contributed by atoms with van der Waals surface area (Å²) in [5.74, 6) is 1.70. The van der Waals surface area contributed by atoms with Crippen LogP contribution >= 0.6 is 0 Å². The molecule has 1 atom stereocenters. The number of hydrogen-bond donors (Lipinski definition) is 3. The maximum atomic E-state index is 12.6. The number of aliphatic imine (C=N–C) groups is 1. The van der Waals surface area contributed by atoms with E-state index in [9.17, 15) is 9.90 Å². The second kappa shape index (κ2) is 9.62. The van der Waals surface area contributed by atoms with Crippen molar-refractivity contribution >= 4 is 11.9 Å². The van der Waals surface area contributed by atoms with Crippen LogP contribution in [0.5, 0.6) is 5.75 Å². The lowest BCUT2D eigenvalue weighted by atomic mass is 10.1. The smallest absolute Gasteiger partial charge is 0.225 e. The van der Waals surface area contributed by atoms with Gasteiger partial charge in [-0.2, -0.15) is 0 Å². The number of guanidine groups is 1. The predicted molar refractivity (Wildman–Crippen MR) is 108 cm³/mol. The zero-order valence-electron chi connectivity index (χ0n) is 16.3. The van der Waals surface area contributed by atoms with E-state index in [0.717, 1.165) is 56.8 Å². The monoisotopic (exact) mass is 372 g/mol. The Morgan fingerprint density at radius 3 is 2.85 bits per heavy atom. The number of aromatic hydroxyl groups is 1. The van der Waals surface area contributed by atoms with Gasteiger partial charge in [-0.05, 0) is 50.3 Å². The molecule has 1 saturated carbocycles. The van der Waals surface area contributed by atoms with E-state index >= 15 is 0 Å². The molecule has 0 radical (unpaired) electrons. The average Bonchev–Trinajstić information content (AvgIpc) is 3.33. The summed E-state index contributed by atoms with van der Waals surface area (Å²) < 4.78 is 0. The summed E-state index contributed by atoms with van der Waals surface area (Å²) in [5.41, 5.74) is 1.07. The standard InChI is InChI=1S/C21H32N4O2/c1-2-22-21(23-12-10-16-6-5-9-19(26)14-16)24-18-11-13-25(15-18)20(27)17-7-3-4-8-17/h5-6,9,14,17-18,26H,2-4,7-8,10-13,15H2,1H3,(H2,22,23,24). The Labute approximate surface area is 162 Å². The SMILES string of the molecule is CCNC(=NCCc1cccc(O)c1)NC1CCN(C(=O)C2CCCC2)C1. The first kappa shape index (κ1) is 19.5. The van der Waals surface area contributed by atoms with Crippen LogP contribution in [0.4, 0.5) is 0 Å². The van der Waals surface area contributed by atoms with Crippen LogP contribution in [-0.2, 0) is 11.2 Å². The molecule has 6 nitrogen and oxygen atoms in total. The summed E-state index contributed by atoms with van der Waals surface area (Å²) in [5, 5.41) is 16.3. The quantitative estimate of drug-likeness (QED) is 0.529. The number of nitrogens with zero attached hydrogens (tertiary/aromatic N) is 2. The number of rotatable bonds is 6. The Morgan fingerprint density at radius 1 is 1.30 bits per heavy atom. The van der Waals surface area contributed by atoms with Gasteiger partial charge in [-0.15, -0.1) is 0 Å². The van der Waals surface area contributed by atoms with E-state index in [1.54, 1.807) is 12.1 Å². The molecule has 2 aliphatic rings. The van der Waals surface area contributed by atoms with Gasteiger partial charge in [0.25, 0.3) is 0 Å². The molecule has 0 spiro atoms. The van der Waals surface area contributed by atoms with Crippen LogP contribution in [0, 0.1) is 5.92 Å². The van der Waals surface area contributed by atoms with Gasteiger partial charge in [-0.3, -0.25) is 9.79 Å². The maximum Gasteiger partial charge on any atom is 0.225 e. The molecule has 1 heterocycles. The number of hydrogen-bond acceptors (Lipinski definition) is 3. The van der Waals surface area contributed by atoms with E-state index < -0.39 is 0 Å². The molecule has 1 unspecified atom stereocenters. The predicted octanol–water partition coefficient (Wildman–Crippen LogP) is 2.28. The van der Waals surface area contributed by atoms with E-state index in [1.807, 2.05) is 17.0 Å². The topological polar surface area (TPSA) is 77.0 Å². The zero-order valence-corrected chi connectivity index (χ0v) is 16.3. The van der Waals surface area contributed by atoms with E-state index in [0.29, 0.717) is 18.2 Å². The van der Waals surface area contributed by atoms with Crippen molar-refractivity contribution in [1.29, 1.82) is 0 Å². The van der Waals surface area contributed by atoms with Crippen LogP contribution in [0.25, 0.3) is 0 Å². The van der Waals surface area contributed by atoms with Gasteiger partial charge in [0.15, 0.2) is 5.96 Å². The van der Waals surface area contributed by atoms with Gasteiger partial charge < -0.3 is 20.6 Å². The number of benzene rings is 1. The normalized spacial score (nSPS) is 20.9. The van der Waals surface area contributed by atoms with Crippen molar-refractivity contribution in [1.82, 2.24) is 15.5 Å². The van der Waals surface area contributed by atoms with Gasteiger partial charge in [0, 0.05) is 38.1 Å². The number of phenolic OH excluding ortho intramolecular Hbond substituents is 1. The third-order valence-corrected chi connectivity index (χ3v) is 5.47. The van der Waals surface area contributed by atoms with Gasteiger partial charge in [0.05, 0.1) is 0 Å². The molecular weight excluding hydrogens is 340 g/mol. The van der Waals surface area contributed by atoms with Crippen LogP contribution in [0.15, 0.2) is 29.3 Å². The Hall–Kier alpha value is -2.24. The summed E-state index contributed by atoms with van der Waals surface area (Å²) in [4.78, 5) is 19.3. The third kappa shape index (κ3) is 5.62. The molecule has 1 aromatic rings. The van der Waals surface area contributed by atoms with Crippen molar-refractivity contribution in [2.75, 3.05) is 26.2 Å². The largest absolute Gasteiger partial charge is 0.508 e. The third-order valence-electron chi connectivity index (χ3n) is 5.47. The Bertz CT molecular complexity index is 655. The van der Waals surface area contributed by atoms with E-state index in [-0.39, 0.29) is 12.0 Å². The lowest BCUT2D eigenvalue weighted by Crippen LogP contribution is -2.45. The van der Waals surface area contributed by atoms with Gasteiger partial charge in [0.2, 0.25) is 5.91 Å². The highest BCUT2D eigenvalue weighted by Gasteiger charge is 2.32. The van der Waals surface area contributed by atoms with Crippen molar-refractivity contribution in [2.24, 2.45) is 10.9 Å². The molecule has 2 fully saturated rings. The summed E-state index contributed by atoms with van der Waals surface area (Å²) in [6, 6.07) is 7.57. The number of likely N-dealkylation sites (tertiary alicyclic amines) is 1. The van der Waals surface area contributed by atoms with E-state index in [2.05, 4.69) is 22.5 Å². The van der Waals surface area contributed by atoms with E-state index in [1.165, 1.54) is 12.8 Å². The molecule has 3 rings (SSSR count). The number of carbonyl (C=O) groups excluding carboxylic acids is 1. The molecule has 1 amide bonds. The minimum atomic E-state index is 0.257. The van der Waals surface area contributed by atoms with Crippen molar-refractivity contribution in [3.8, 4) is 5.75 Å². The Kier molecular flexibility index (Phi) is 6.96. The highest BCUT2D eigenvalue weighted by atomic mass is 16.3. The van der Waals surface area contributed by atoms with Crippen LogP contribution < -0.4 is 10.6 Å². The summed E-state index contributed by atoms with van der Waals surface area (Å²) in [6.07, 6.45) is 6.27. The van der Waals surface area contributed by atoms with Crippen molar-refractivity contribution in [2.45, 2.75) is 51.5 Å². The van der Waals surface area contributed by atoms with Crippen LogP contribution in [0.2, 0.25) is 0 Å². The molecule has 1 aromatic carbocycles. The molecule has 0 bridgehead atoms. The first-order chi connectivity index (χ1) is 13.2. The minimum Gasteiger partial charge on any atom is -0.508 e. The molecular formula is C21H32N4O2. The molecule has 27 heavy (non-hydrogen) atoms. The summed E-state index contributed by atoms with van der Waals surface area (Å²) >= 11 is 0. The van der Waals surface area contributed by atoms with Crippen LogP contribution in [0.3, 0.4) is 0 Å². The highest BCUT2D eigenvalue weighted by molar-refractivity contribution is 5.81. The van der Waals surface area contributed by atoms with Crippen LogP contribution in [-0.4, -0.2) is 54.1 Å². The second-order valence-electron chi connectivity index (χ2n) is 7.58. The van der Waals surface area contributed by atoms with E-state index in [4.69, 9.17) is 0 Å². The average molecular weight is 373 g/mol. The minimum absolute atomic E-state index is 0.257. The lowest BCUT2D eigenvalue weighted by Gasteiger charge is -2.21. The number of nitrogens with one attached hydrogen (secondary N) is 2. The highest BCUT2D eigenvalue weighted by Crippen LogP contribution is 2.27. The van der Waals surface area contributed by atoms with Gasteiger partial charge >= 0.3 is 0 Å². The fourth-order valence-electron chi connectivity index (χ4n) is 4.03. The van der Waals surface area contributed by atoms with Crippen molar-refractivity contribution in [3.63, 3.8) is 0 Å². The number of amides is 1. The molecule has 1 aliphatic carbocycles. The van der Waals surface area contributed by atoms with Gasteiger partial charge in [-0.25, -0.2) is 0 Å². The summed E-state index contributed by atoms with van der Waals surface area (Å²) in [7, 11) is 0. The maximum absolute atomic E-state index is 12.6. The molecule has 6 heteroatoms. The van der Waals surface area contributed by atoms with Crippen molar-refractivity contribution < 1.29 is 9.90 Å². The number of phenols is 1. The first-order valence-electron chi connectivity index (χ1n) is 10.3. The molecule has 148 valence electrons. The fraction of sp³-hybridized carbons (Fsp3) is 0.619.